The number of esters is 1. The molecule has 2 aliphatic rings. The number of hydrogen-bond donors (Lipinski definition) is 2. The maximum atomic E-state index is 13.6. The number of phenols is 1. The number of ether oxygens (including phenoxy) is 3. The first-order chi connectivity index (χ1) is 16.9. The predicted molar refractivity (Wildman–Crippen MR) is 134 cm³/mol. The van der Waals surface area contributed by atoms with E-state index in [-0.39, 0.29) is 24.1 Å². The molecule has 1 aliphatic heterocycles. The van der Waals surface area contributed by atoms with Crippen LogP contribution in [0.3, 0.4) is 0 Å². The standard InChI is InChI=1S/C27H31NO6S/c1-4-32-10-11-34-27(31)24-16(3)28-19-13-18(23-7-6-12-35-23)14-21(30)26(19)25(24)17-8-9-20(29)22(15-17)33-5-2/h6-9,12,15,18,25,28-29H,4-5,10-11,13-14H2,1-3H3/t18-,25+/m0/s1. The molecule has 0 saturated heterocycles. The molecule has 186 valence electrons. The van der Waals surface area contributed by atoms with Crippen LogP contribution in [0.15, 0.2) is 58.3 Å². The molecule has 0 unspecified atom stereocenters. The van der Waals surface area contributed by atoms with E-state index in [2.05, 4.69) is 11.4 Å². The van der Waals surface area contributed by atoms with Crippen LogP contribution in [0.2, 0.25) is 0 Å². The normalized spacial score (nSPS) is 19.9. The molecule has 0 bridgehead atoms. The molecule has 0 radical (unpaired) electrons. The van der Waals surface area contributed by atoms with Crippen LogP contribution in [0.1, 0.15) is 55.9 Å². The number of rotatable bonds is 9. The molecule has 7 nitrogen and oxygen atoms in total. The fourth-order valence-corrected chi connectivity index (χ4v) is 5.59. The molecular weight excluding hydrogens is 466 g/mol. The van der Waals surface area contributed by atoms with E-state index in [0.717, 1.165) is 5.70 Å². The first-order valence-electron chi connectivity index (χ1n) is 11.9. The molecule has 2 atom stereocenters. The van der Waals surface area contributed by atoms with Gasteiger partial charge < -0.3 is 24.6 Å². The van der Waals surface area contributed by atoms with E-state index in [9.17, 15) is 14.7 Å². The van der Waals surface area contributed by atoms with Crippen LogP contribution >= 0.6 is 11.3 Å². The molecule has 2 heterocycles. The van der Waals surface area contributed by atoms with E-state index in [1.807, 2.05) is 32.2 Å². The molecular formula is C27H31NO6S. The highest BCUT2D eigenvalue weighted by atomic mass is 32.1. The smallest absolute Gasteiger partial charge is 0.336 e. The number of nitrogens with one attached hydrogen (secondary N) is 1. The molecule has 1 aromatic carbocycles. The minimum Gasteiger partial charge on any atom is -0.504 e. The van der Waals surface area contributed by atoms with Crippen molar-refractivity contribution in [2.24, 2.45) is 0 Å². The summed E-state index contributed by atoms with van der Waals surface area (Å²) >= 11 is 1.65. The van der Waals surface area contributed by atoms with Crippen molar-refractivity contribution in [3.8, 4) is 11.5 Å². The van der Waals surface area contributed by atoms with E-state index in [1.165, 1.54) is 10.9 Å². The highest BCUT2D eigenvalue weighted by Gasteiger charge is 2.41. The zero-order chi connectivity index (χ0) is 24.9. The fourth-order valence-electron chi connectivity index (χ4n) is 4.76. The van der Waals surface area contributed by atoms with E-state index in [4.69, 9.17) is 14.2 Å². The van der Waals surface area contributed by atoms with Crippen molar-refractivity contribution < 1.29 is 28.9 Å². The Morgan fingerprint density at radius 3 is 2.71 bits per heavy atom. The summed E-state index contributed by atoms with van der Waals surface area (Å²) in [6.45, 7) is 6.87. The topological polar surface area (TPSA) is 94.1 Å². The number of thiophene rings is 1. The van der Waals surface area contributed by atoms with Gasteiger partial charge in [-0.05, 0) is 56.3 Å². The Kier molecular flexibility index (Phi) is 7.93. The Bertz CT molecular complexity index is 1150. The molecule has 4 rings (SSSR count). The Balaban J connectivity index is 1.75. The van der Waals surface area contributed by atoms with Crippen LogP contribution in [-0.2, 0) is 19.1 Å². The minimum atomic E-state index is -0.623. The number of dihydropyridines is 1. The average molecular weight is 498 g/mol. The molecule has 35 heavy (non-hydrogen) atoms. The van der Waals surface area contributed by atoms with Crippen molar-refractivity contribution in [2.45, 2.75) is 45.4 Å². The van der Waals surface area contributed by atoms with Gasteiger partial charge in [0, 0.05) is 46.7 Å². The number of ketones is 1. The van der Waals surface area contributed by atoms with E-state index < -0.39 is 11.9 Å². The predicted octanol–water partition coefficient (Wildman–Crippen LogP) is 4.79. The highest BCUT2D eigenvalue weighted by Crippen LogP contribution is 2.47. The zero-order valence-corrected chi connectivity index (χ0v) is 21.1. The summed E-state index contributed by atoms with van der Waals surface area (Å²) in [6.07, 6.45) is 1.05. The van der Waals surface area contributed by atoms with Gasteiger partial charge in [0.1, 0.15) is 6.61 Å². The van der Waals surface area contributed by atoms with Crippen molar-refractivity contribution in [1.82, 2.24) is 5.32 Å². The first-order valence-corrected chi connectivity index (χ1v) is 12.8. The van der Waals surface area contributed by atoms with Crippen LogP contribution in [0.25, 0.3) is 0 Å². The van der Waals surface area contributed by atoms with Gasteiger partial charge in [-0.3, -0.25) is 4.79 Å². The maximum absolute atomic E-state index is 13.6. The summed E-state index contributed by atoms with van der Waals surface area (Å²) in [6, 6.07) is 9.04. The molecule has 2 aromatic rings. The van der Waals surface area contributed by atoms with Crippen LogP contribution < -0.4 is 10.1 Å². The number of allylic oxidation sites excluding steroid dienone is 3. The second-order valence-corrected chi connectivity index (χ2v) is 9.50. The third-order valence-corrected chi connectivity index (χ3v) is 7.31. The average Bonchev–Trinajstić information content (AvgIpc) is 3.37. The second kappa shape index (κ2) is 11.1. The fraction of sp³-hybridized carbons (Fsp3) is 0.407. The van der Waals surface area contributed by atoms with Gasteiger partial charge in [0.25, 0.3) is 0 Å². The van der Waals surface area contributed by atoms with Gasteiger partial charge in [-0.15, -0.1) is 11.3 Å². The number of hydrogen-bond acceptors (Lipinski definition) is 8. The van der Waals surface area contributed by atoms with Gasteiger partial charge in [-0.1, -0.05) is 12.1 Å². The number of phenolic OH excluding ortho intramolecular Hbond substituents is 1. The van der Waals surface area contributed by atoms with Crippen LogP contribution in [0, 0.1) is 0 Å². The lowest BCUT2D eigenvalue weighted by Gasteiger charge is -2.36. The Morgan fingerprint density at radius 1 is 1.17 bits per heavy atom. The Morgan fingerprint density at radius 2 is 2.00 bits per heavy atom. The monoisotopic (exact) mass is 497 g/mol. The van der Waals surface area contributed by atoms with Crippen molar-refractivity contribution in [2.75, 3.05) is 26.4 Å². The minimum absolute atomic E-state index is 0.000279. The van der Waals surface area contributed by atoms with E-state index in [0.29, 0.717) is 60.8 Å². The van der Waals surface area contributed by atoms with Crippen LogP contribution in [-0.4, -0.2) is 43.3 Å². The van der Waals surface area contributed by atoms with Gasteiger partial charge in [0.05, 0.1) is 18.8 Å². The SMILES string of the molecule is CCOCCOC(=O)C1=C(C)NC2=C(C(=O)C[C@@H](c3cccs3)C2)[C@@H]1c1ccc(O)c(OCC)c1. The van der Waals surface area contributed by atoms with Crippen LogP contribution in [0.4, 0.5) is 0 Å². The molecule has 0 spiro atoms. The number of carbonyl (C=O) groups excluding carboxylic acids is 2. The van der Waals surface area contributed by atoms with E-state index in [1.54, 1.807) is 23.5 Å². The lowest BCUT2D eigenvalue weighted by molar-refractivity contribution is -0.140. The number of aromatic hydroxyl groups is 1. The van der Waals surface area contributed by atoms with Crippen molar-refractivity contribution in [1.29, 1.82) is 0 Å². The summed E-state index contributed by atoms with van der Waals surface area (Å²) in [5.41, 5.74) is 3.14. The highest BCUT2D eigenvalue weighted by molar-refractivity contribution is 7.10. The summed E-state index contributed by atoms with van der Waals surface area (Å²) in [7, 11) is 0. The lowest BCUT2D eigenvalue weighted by atomic mass is 9.72. The number of benzene rings is 1. The Hall–Kier alpha value is -3.10. The molecule has 2 N–H and O–H groups in total. The summed E-state index contributed by atoms with van der Waals surface area (Å²) < 4.78 is 16.4. The Labute approximate surface area is 209 Å². The number of Topliss-reactive ketones (excluding diaryl/α,β-unsaturated/α-hetero) is 1. The van der Waals surface area contributed by atoms with Crippen LogP contribution in [0.5, 0.6) is 11.5 Å². The molecule has 0 saturated carbocycles. The summed E-state index contributed by atoms with van der Waals surface area (Å²) in [5, 5.41) is 15.6. The molecule has 0 amide bonds. The third-order valence-electron chi connectivity index (χ3n) is 6.28. The summed E-state index contributed by atoms with van der Waals surface area (Å²) in [5.74, 6) is -0.700. The van der Waals surface area contributed by atoms with Gasteiger partial charge in [-0.25, -0.2) is 4.79 Å². The van der Waals surface area contributed by atoms with Crippen molar-refractivity contribution in [3.63, 3.8) is 0 Å². The molecule has 0 fully saturated rings. The zero-order valence-electron chi connectivity index (χ0n) is 20.3. The second-order valence-electron chi connectivity index (χ2n) is 8.53. The first kappa shape index (κ1) is 25.0. The maximum Gasteiger partial charge on any atom is 0.336 e. The van der Waals surface area contributed by atoms with Crippen molar-refractivity contribution >= 4 is 23.1 Å². The quantitative estimate of drug-likeness (QED) is 0.380. The lowest BCUT2D eigenvalue weighted by Crippen LogP contribution is -2.36. The van der Waals surface area contributed by atoms with Gasteiger partial charge in [0.15, 0.2) is 17.3 Å². The molecule has 8 heteroatoms. The van der Waals surface area contributed by atoms with E-state index >= 15 is 0 Å². The van der Waals surface area contributed by atoms with Gasteiger partial charge >= 0.3 is 5.97 Å². The molecule has 1 aliphatic carbocycles. The summed E-state index contributed by atoms with van der Waals surface area (Å²) in [4.78, 5) is 28.1. The molecule has 1 aromatic heterocycles. The largest absolute Gasteiger partial charge is 0.504 e. The van der Waals surface area contributed by atoms with Crippen molar-refractivity contribution in [3.05, 3.63) is 68.7 Å². The van der Waals surface area contributed by atoms with Gasteiger partial charge in [0.2, 0.25) is 0 Å². The third kappa shape index (κ3) is 5.28. The van der Waals surface area contributed by atoms with Gasteiger partial charge in [-0.2, -0.15) is 0 Å². The number of carbonyl (C=O) groups is 2.